The third-order valence-corrected chi connectivity index (χ3v) is 6.57. The topological polar surface area (TPSA) is 75.6 Å². The smallest absolute Gasteiger partial charge is 0.337 e. The molecule has 8 nitrogen and oxygen atoms in total. The maximum atomic E-state index is 15.8. The quantitative estimate of drug-likeness (QED) is 0.545. The summed E-state index contributed by atoms with van der Waals surface area (Å²) in [4.78, 5) is 14.9. The van der Waals surface area contributed by atoms with Gasteiger partial charge < -0.3 is 17.9 Å². The van der Waals surface area contributed by atoms with Crippen LogP contribution < -0.4 is 13.1 Å². The minimum atomic E-state index is -0.561. The van der Waals surface area contributed by atoms with Crippen molar-refractivity contribution in [2.45, 2.75) is 25.9 Å². The molecule has 1 fully saturated rings. The fraction of sp³-hybridized carbons (Fsp3) is 0.417. The number of ether oxygens (including phenoxy) is 2. The summed E-state index contributed by atoms with van der Waals surface area (Å²) in [6.45, 7) is 5.96. The van der Waals surface area contributed by atoms with Gasteiger partial charge in [-0.2, -0.15) is 5.10 Å². The van der Waals surface area contributed by atoms with Gasteiger partial charge in [0.2, 0.25) is 0 Å². The molecule has 2 aliphatic heterocycles. The number of morpholine rings is 1. The Balaban J connectivity index is 1.79. The van der Waals surface area contributed by atoms with Crippen LogP contribution in [-0.4, -0.2) is 68.2 Å². The Hall–Kier alpha value is -2.44. The Morgan fingerprint density at radius 1 is 1.29 bits per heavy atom. The van der Waals surface area contributed by atoms with E-state index in [0.717, 1.165) is 38.4 Å². The highest BCUT2D eigenvalue weighted by molar-refractivity contribution is 14.1. The summed E-state index contributed by atoms with van der Waals surface area (Å²) >= 11 is 1.71. The van der Waals surface area contributed by atoms with Crippen LogP contribution in [-0.2, 0) is 17.7 Å². The lowest BCUT2D eigenvalue weighted by atomic mass is 9.93. The molecule has 34 heavy (non-hydrogen) atoms. The molecule has 2 heterocycles. The van der Waals surface area contributed by atoms with Gasteiger partial charge in [-0.3, -0.25) is 4.90 Å². The zero-order valence-corrected chi connectivity index (χ0v) is 21.6. The van der Waals surface area contributed by atoms with Crippen LogP contribution in [0.5, 0.6) is 11.5 Å². The molecule has 2 aromatic rings. The molecule has 182 valence electrons. The minimum Gasteiger partial charge on any atom is -0.490 e. The first-order valence-electron chi connectivity index (χ1n) is 11.1. The normalized spacial score (nSPS) is 18.6. The number of fused-ring (bicyclic) bond motifs is 1. The summed E-state index contributed by atoms with van der Waals surface area (Å²) in [5.41, 5.74) is 3.23. The Morgan fingerprint density at radius 2 is 2.00 bits per heavy atom. The number of rotatable bonds is 5. The summed E-state index contributed by atoms with van der Waals surface area (Å²) < 4.78 is 31.9. The second-order valence-corrected chi connectivity index (χ2v) is 8.76. The summed E-state index contributed by atoms with van der Waals surface area (Å²) in [5.74, 6) is -0.264. The molecule has 10 heteroatoms. The Bertz CT molecular complexity index is 1070. The van der Waals surface area contributed by atoms with Crippen LogP contribution >= 0.6 is 23.0 Å². The third kappa shape index (κ3) is 4.98. The molecule has 0 saturated carbocycles. The van der Waals surface area contributed by atoms with Gasteiger partial charge in [-0.25, -0.2) is 14.2 Å². The standard InChI is InChI=1S/C24H28FIN4O4/c1-15-12-18-13-19(34-26)23(32-3)21(25)20(18)22(28-30(15)24(31)27-2)17-6-4-16(5-7-17)14-29-8-10-33-11-9-29/h4-7,13,15H,8-12,14H2,1-3H3,(H,27,31). The lowest BCUT2D eigenvalue weighted by molar-refractivity contribution is 0.0342. The van der Waals surface area contributed by atoms with E-state index in [-0.39, 0.29) is 17.8 Å². The average Bonchev–Trinajstić information content (AvgIpc) is 3.00. The first-order valence-corrected chi connectivity index (χ1v) is 12.0. The summed E-state index contributed by atoms with van der Waals surface area (Å²) in [6.07, 6.45) is 0.402. The molecule has 1 saturated heterocycles. The molecular formula is C24H28FIN4O4. The van der Waals surface area contributed by atoms with Crippen molar-refractivity contribution in [3.63, 3.8) is 0 Å². The average molecular weight is 582 g/mol. The molecule has 2 aromatic carbocycles. The molecule has 4 rings (SSSR count). The van der Waals surface area contributed by atoms with Gasteiger partial charge >= 0.3 is 6.03 Å². The molecule has 2 amide bonds. The van der Waals surface area contributed by atoms with Crippen molar-refractivity contribution in [2.75, 3.05) is 40.5 Å². The fourth-order valence-corrected chi connectivity index (χ4v) is 4.66. The first kappa shape index (κ1) is 24.7. The molecule has 0 spiro atoms. The van der Waals surface area contributed by atoms with Gasteiger partial charge in [-0.05, 0) is 30.5 Å². The number of urea groups is 1. The number of carbonyl (C=O) groups is 1. The number of hydrogen-bond acceptors (Lipinski definition) is 6. The highest BCUT2D eigenvalue weighted by Gasteiger charge is 2.32. The van der Waals surface area contributed by atoms with Crippen molar-refractivity contribution in [1.82, 2.24) is 15.2 Å². The summed E-state index contributed by atoms with van der Waals surface area (Å²) in [6, 6.07) is 8.98. The molecule has 0 radical (unpaired) electrons. The lowest BCUT2D eigenvalue weighted by Crippen LogP contribution is -2.41. The van der Waals surface area contributed by atoms with Crippen molar-refractivity contribution in [3.8, 4) is 11.5 Å². The number of nitrogens with zero attached hydrogens (tertiary/aromatic N) is 3. The first-order chi connectivity index (χ1) is 16.5. The van der Waals surface area contributed by atoms with Crippen molar-refractivity contribution in [1.29, 1.82) is 0 Å². The van der Waals surface area contributed by atoms with Gasteiger partial charge in [0.05, 0.1) is 26.4 Å². The van der Waals surface area contributed by atoms with Gasteiger partial charge in [0.15, 0.2) is 40.3 Å². The van der Waals surface area contributed by atoms with Gasteiger partial charge in [-0.15, -0.1) is 0 Å². The van der Waals surface area contributed by atoms with Crippen LogP contribution in [0.1, 0.15) is 29.2 Å². The van der Waals surface area contributed by atoms with E-state index in [4.69, 9.17) is 12.5 Å². The van der Waals surface area contributed by atoms with E-state index in [1.807, 2.05) is 31.2 Å². The molecule has 1 unspecified atom stereocenters. The van der Waals surface area contributed by atoms with Crippen LogP contribution in [0, 0.1) is 5.82 Å². The van der Waals surface area contributed by atoms with Crippen molar-refractivity contribution < 1.29 is 21.7 Å². The maximum absolute atomic E-state index is 15.8. The number of hydrazone groups is 1. The fourth-order valence-electron chi connectivity index (χ4n) is 4.33. The minimum absolute atomic E-state index is 0.00540. The number of hydrogen-bond donors (Lipinski definition) is 1. The number of halogens is 2. The molecule has 1 N–H and O–H groups in total. The highest BCUT2D eigenvalue weighted by atomic mass is 127. The molecular weight excluding hydrogens is 554 g/mol. The second kappa shape index (κ2) is 10.9. The van der Waals surface area contributed by atoms with Crippen molar-refractivity contribution in [2.24, 2.45) is 5.10 Å². The van der Waals surface area contributed by atoms with Crippen molar-refractivity contribution >= 4 is 34.7 Å². The number of carbonyl (C=O) groups excluding carboxylic acids is 1. The van der Waals surface area contributed by atoms with E-state index in [9.17, 15) is 4.79 Å². The van der Waals surface area contributed by atoms with Crippen LogP contribution in [0.3, 0.4) is 0 Å². The second-order valence-electron chi connectivity index (χ2n) is 8.32. The van der Waals surface area contributed by atoms with Gasteiger partial charge in [0, 0.05) is 37.8 Å². The largest absolute Gasteiger partial charge is 0.490 e. The van der Waals surface area contributed by atoms with E-state index < -0.39 is 5.82 Å². The number of benzene rings is 2. The van der Waals surface area contributed by atoms with E-state index in [1.165, 1.54) is 12.1 Å². The van der Waals surface area contributed by atoms with Gasteiger partial charge in [0.1, 0.15) is 5.71 Å². The predicted octanol–water partition coefficient (Wildman–Crippen LogP) is 3.73. The molecule has 2 aliphatic rings. The molecule has 0 aliphatic carbocycles. The van der Waals surface area contributed by atoms with Crippen LogP contribution in [0.2, 0.25) is 0 Å². The zero-order chi connectivity index (χ0) is 24.2. The summed E-state index contributed by atoms with van der Waals surface area (Å²) in [7, 11) is 2.95. The third-order valence-electron chi connectivity index (χ3n) is 6.09. The monoisotopic (exact) mass is 582 g/mol. The number of nitrogens with one attached hydrogen (secondary N) is 1. The number of methoxy groups -OCH3 is 1. The van der Waals surface area contributed by atoms with Crippen LogP contribution in [0.25, 0.3) is 0 Å². The zero-order valence-electron chi connectivity index (χ0n) is 19.4. The van der Waals surface area contributed by atoms with E-state index in [2.05, 4.69) is 15.3 Å². The predicted molar refractivity (Wildman–Crippen MR) is 135 cm³/mol. The lowest BCUT2D eigenvalue weighted by Gasteiger charge is -2.26. The molecule has 0 bridgehead atoms. The van der Waals surface area contributed by atoms with E-state index >= 15 is 4.39 Å². The van der Waals surface area contributed by atoms with Crippen molar-refractivity contribution in [3.05, 3.63) is 58.4 Å². The van der Waals surface area contributed by atoms with Gasteiger partial charge in [-0.1, -0.05) is 24.3 Å². The Morgan fingerprint density at radius 3 is 2.62 bits per heavy atom. The Labute approximate surface area is 212 Å². The van der Waals surface area contributed by atoms with Gasteiger partial charge in [0.25, 0.3) is 0 Å². The van der Waals surface area contributed by atoms with Crippen LogP contribution in [0.15, 0.2) is 35.4 Å². The maximum Gasteiger partial charge on any atom is 0.337 e. The number of amides is 2. The van der Waals surface area contributed by atoms with Crippen LogP contribution in [0.4, 0.5) is 9.18 Å². The molecule has 0 aromatic heterocycles. The van der Waals surface area contributed by atoms with E-state index in [1.54, 1.807) is 36.1 Å². The summed E-state index contributed by atoms with van der Waals surface area (Å²) in [5, 5.41) is 8.64. The van der Waals surface area contributed by atoms with E-state index in [0.29, 0.717) is 34.6 Å². The highest BCUT2D eigenvalue weighted by Crippen LogP contribution is 2.39. The Kier molecular flexibility index (Phi) is 7.89. The SMILES string of the molecule is CNC(=O)N1N=C(c2ccc(CN3CCOCC3)cc2)c2c(cc(OI)c(OC)c2F)CC1C. The molecule has 1 atom stereocenters.